The standard InChI is InChI=1S/C11H13FN2O2S/c1-7-2-3-8(6-9(7)12)14-11(17)13-5-4-10(15)16/h2-3,6H,4-5H2,1H3,(H,15,16)(H2,13,14,17). The molecule has 1 rings (SSSR count). The molecule has 0 atom stereocenters. The van der Waals surface area contributed by atoms with Gasteiger partial charge in [0.1, 0.15) is 5.82 Å². The van der Waals surface area contributed by atoms with E-state index in [1.807, 2.05) is 0 Å². The van der Waals surface area contributed by atoms with Crippen molar-refractivity contribution in [1.82, 2.24) is 5.32 Å². The van der Waals surface area contributed by atoms with Crippen molar-refractivity contribution < 1.29 is 14.3 Å². The van der Waals surface area contributed by atoms with E-state index >= 15 is 0 Å². The number of aliphatic carboxylic acids is 1. The highest BCUT2D eigenvalue weighted by atomic mass is 32.1. The molecule has 0 spiro atoms. The molecule has 0 heterocycles. The van der Waals surface area contributed by atoms with Crippen LogP contribution in [0.1, 0.15) is 12.0 Å². The van der Waals surface area contributed by atoms with E-state index in [1.165, 1.54) is 6.07 Å². The van der Waals surface area contributed by atoms with Gasteiger partial charge in [-0.05, 0) is 36.8 Å². The SMILES string of the molecule is Cc1ccc(NC(=S)NCCC(=O)O)cc1F. The van der Waals surface area contributed by atoms with Gasteiger partial charge in [-0.15, -0.1) is 0 Å². The highest BCUT2D eigenvalue weighted by Crippen LogP contribution is 2.13. The molecule has 0 aliphatic carbocycles. The Morgan fingerprint density at radius 1 is 1.53 bits per heavy atom. The summed E-state index contributed by atoms with van der Waals surface area (Å²) in [5.41, 5.74) is 1.08. The maximum Gasteiger partial charge on any atom is 0.305 e. The normalized spacial score (nSPS) is 9.76. The molecule has 0 fully saturated rings. The van der Waals surface area contributed by atoms with Crippen LogP contribution in [0.2, 0.25) is 0 Å². The third kappa shape index (κ3) is 4.78. The van der Waals surface area contributed by atoms with Crippen LogP contribution < -0.4 is 10.6 Å². The fourth-order valence-corrected chi connectivity index (χ4v) is 1.35. The minimum Gasteiger partial charge on any atom is -0.481 e. The van der Waals surface area contributed by atoms with Gasteiger partial charge in [-0.3, -0.25) is 4.79 Å². The van der Waals surface area contributed by atoms with Crippen LogP contribution in [0.3, 0.4) is 0 Å². The molecule has 0 amide bonds. The van der Waals surface area contributed by atoms with Crippen molar-refractivity contribution in [1.29, 1.82) is 0 Å². The van der Waals surface area contributed by atoms with Gasteiger partial charge in [-0.1, -0.05) is 6.07 Å². The number of halogens is 1. The lowest BCUT2D eigenvalue weighted by molar-refractivity contribution is -0.136. The van der Waals surface area contributed by atoms with E-state index in [1.54, 1.807) is 19.1 Å². The first kappa shape index (κ1) is 13.4. The number of rotatable bonds is 4. The molecule has 0 saturated carbocycles. The minimum absolute atomic E-state index is 0.0237. The number of carboxylic acid groups (broad SMARTS) is 1. The van der Waals surface area contributed by atoms with Crippen LogP contribution in [0.25, 0.3) is 0 Å². The van der Waals surface area contributed by atoms with Crippen LogP contribution in [0.4, 0.5) is 10.1 Å². The highest BCUT2D eigenvalue weighted by molar-refractivity contribution is 7.80. The average Bonchev–Trinajstić information content (AvgIpc) is 2.23. The molecule has 0 aliphatic heterocycles. The summed E-state index contributed by atoms with van der Waals surface area (Å²) in [4.78, 5) is 10.3. The van der Waals surface area contributed by atoms with Gasteiger partial charge in [-0.25, -0.2) is 4.39 Å². The Kier molecular flexibility index (Phi) is 4.84. The zero-order valence-electron chi connectivity index (χ0n) is 9.29. The predicted molar refractivity (Wildman–Crippen MR) is 67.6 cm³/mol. The molecule has 6 heteroatoms. The summed E-state index contributed by atoms with van der Waals surface area (Å²) in [6, 6.07) is 4.67. The van der Waals surface area contributed by atoms with Gasteiger partial charge in [0.05, 0.1) is 6.42 Å². The lowest BCUT2D eigenvalue weighted by Crippen LogP contribution is -2.30. The molecule has 4 nitrogen and oxygen atoms in total. The fourth-order valence-electron chi connectivity index (χ4n) is 1.13. The maximum absolute atomic E-state index is 13.2. The first-order valence-corrected chi connectivity index (χ1v) is 5.42. The lowest BCUT2D eigenvalue weighted by Gasteiger charge is -2.10. The number of nitrogens with one attached hydrogen (secondary N) is 2. The molecule has 1 aromatic carbocycles. The number of carbonyl (C=O) groups is 1. The Morgan fingerprint density at radius 2 is 2.24 bits per heavy atom. The van der Waals surface area contributed by atoms with Crippen molar-refractivity contribution in [3.8, 4) is 0 Å². The number of hydrogen-bond acceptors (Lipinski definition) is 2. The van der Waals surface area contributed by atoms with Crippen LogP contribution in [0.15, 0.2) is 18.2 Å². The molecule has 0 saturated heterocycles. The molecule has 0 aliphatic rings. The van der Waals surface area contributed by atoms with Crippen molar-refractivity contribution in [2.24, 2.45) is 0 Å². The molecule has 92 valence electrons. The Bertz CT molecular complexity index is 437. The molecule has 17 heavy (non-hydrogen) atoms. The molecular weight excluding hydrogens is 243 g/mol. The summed E-state index contributed by atoms with van der Waals surface area (Å²) in [6.07, 6.45) is -0.0237. The summed E-state index contributed by atoms with van der Waals surface area (Å²) in [5, 5.41) is 14.2. The van der Waals surface area contributed by atoms with Crippen LogP contribution in [-0.2, 0) is 4.79 Å². The van der Waals surface area contributed by atoms with E-state index in [2.05, 4.69) is 10.6 Å². The van der Waals surface area contributed by atoms with Gasteiger partial charge >= 0.3 is 5.97 Å². The molecule has 0 unspecified atom stereocenters. The summed E-state index contributed by atoms with van der Waals surface area (Å²) >= 11 is 4.93. The van der Waals surface area contributed by atoms with Crippen LogP contribution in [0.5, 0.6) is 0 Å². The number of hydrogen-bond donors (Lipinski definition) is 3. The minimum atomic E-state index is -0.901. The van der Waals surface area contributed by atoms with Crippen LogP contribution >= 0.6 is 12.2 Å². The first-order chi connectivity index (χ1) is 7.99. The number of anilines is 1. The largest absolute Gasteiger partial charge is 0.481 e. The van der Waals surface area contributed by atoms with Crippen molar-refractivity contribution >= 4 is 29.0 Å². The van der Waals surface area contributed by atoms with Gasteiger partial charge < -0.3 is 15.7 Å². The van der Waals surface area contributed by atoms with E-state index in [4.69, 9.17) is 17.3 Å². The lowest BCUT2D eigenvalue weighted by atomic mass is 10.2. The summed E-state index contributed by atoms with van der Waals surface area (Å²) < 4.78 is 13.2. The number of carboxylic acids is 1. The second-order valence-electron chi connectivity index (χ2n) is 3.49. The predicted octanol–water partition coefficient (Wildman–Crippen LogP) is 1.90. The zero-order chi connectivity index (χ0) is 12.8. The van der Waals surface area contributed by atoms with Gasteiger partial charge in [0.2, 0.25) is 0 Å². The molecule has 0 aromatic heterocycles. The van der Waals surface area contributed by atoms with Crippen molar-refractivity contribution in [3.63, 3.8) is 0 Å². The monoisotopic (exact) mass is 256 g/mol. The number of thiocarbonyl (C=S) groups is 1. The van der Waals surface area contributed by atoms with Crippen LogP contribution in [0, 0.1) is 12.7 Å². The Balaban J connectivity index is 2.45. The maximum atomic E-state index is 13.2. The second-order valence-corrected chi connectivity index (χ2v) is 3.90. The molecular formula is C11H13FN2O2S. The quantitative estimate of drug-likeness (QED) is 0.718. The summed E-state index contributed by atoms with van der Waals surface area (Å²) in [6.45, 7) is 1.90. The van der Waals surface area contributed by atoms with E-state index < -0.39 is 5.97 Å². The van der Waals surface area contributed by atoms with E-state index in [0.717, 1.165) is 0 Å². The topological polar surface area (TPSA) is 61.4 Å². The van der Waals surface area contributed by atoms with Gasteiger partial charge in [0.25, 0.3) is 0 Å². The molecule has 0 radical (unpaired) electrons. The number of aryl methyl sites for hydroxylation is 1. The second kappa shape index (κ2) is 6.15. The Morgan fingerprint density at radius 3 is 2.82 bits per heavy atom. The van der Waals surface area contributed by atoms with Gasteiger partial charge in [-0.2, -0.15) is 0 Å². The Hall–Kier alpha value is -1.69. The van der Waals surface area contributed by atoms with E-state index in [-0.39, 0.29) is 23.9 Å². The molecule has 3 N–H and O–H groups in total. The third-order valence-corrected chi connectivity index (χ3v) is 2.30. The third-order valence-electron chi connectivity index (χ3n) is 2.05. The number of benzene rings is 1. The molecule has 0 bridgehead atoms. The Labute approximate surface area is 104 Å². The van der Waals surface area contributed by atoms with Gasteiger partial charge in [0.15, 0.2) is 5.11 Å². The van der Waals surface area contributed by atoms with Crippen molar-refractivity contribution in [2.75, 3.05) is 11.9 Å². The van der Waals surface area contributed by atoms with Gasteiger partial charge in [0, 0.05) is 12.2 Å². The smallest absolute Gasteiger partial charge is 0.305 e. The highest BCUT2D eigenvalue weighted by Gasteiger charge is 2.02. The summed E-state index contributed by atoms with van der Waals surface area (Å²) in [5.74, 6) is -1.22. The van der Waals surface area contributed by atoms with Crippen molar-refractivity contribution in [2.45, 2.75) is 13.3 Å². The first-order valence-electron chi connectivity index (χ1n) is 5.02. The van der Waals surface area contributed by atoms with E-state index in [9.17, 15) is 9.18 Å². The summed E-state index contributed by atoms with van der Waals surface area (Å²) in [7, 11) is 0. The average molecular weight is 256 g/mol. The van der Waals surface area contributed by atoms with E-state index in [0.29, 0.717) is 11.3 Å². The molecule has 1 aromatic rings. The fraction of sp³-hybridized carbons (Fsp3) is 0.273. The van der Waals surface area contributed by atoms with Crippen LogP contribution in [-0.4, -0.2) is 22.7 Å². The zero-order valence-corrected chi connectivity index (χ0v) is 10.1. The van der Waals surface area contributed by atoms with Crippen molar-refractivity contribution in [3.05, 3.63) is 29.6 Å².